The van der Waals surface area contributed by atoms with Crippen LogP contribution in [0.15, 0.2) is 60.8 Å². The Balaban J connectivity index is 1.45. The number of benzene rings is 2. The van der Waals surface area contributed by atoms with Crippen molar-refractivity contribution in [2.24, 2.45) is 0 Å². The van der Waals surface area contributed by atoms with Crippen LogP contribution in [0, 0.1) is 0 Å². The molecule has 1 saturated carbocycles. The number of carboxylic acid groups (broad SMARTS) is 1. The molecule has 5 rings (SSSR count). The first kappa shape index (κ1) is 22.7. The third kappa shape index (κ3) is 4.25. The number of alkyl halides is 1. The fourth-order valence-corrected chi connectivity index (χ4v) is 5.51. The van der Waals surface area contributed by atoms with Crippen LogP contribution in [0.5, 0.6) is 0 Å². The summed E-state index contributed by atoms with van der Waals surface area (Å²) in [6, 6.07) is 17.8. The molecule has 2 N–H and O–H groups in total. The predicted molar refractivity (Wildman–Crippen MR) is 138 cm³/mol. The molecule has 1 aliphatic carbocycles. The molecule has 1 aliphatic heterocycles. The molecule has 2 heterocycles. The molecule has 176 valence electrons. The number of halogens is 1. The van der Waals surface area contributed by atoms with Crippen LogP contribution >= 0.6 is 11.6 Å². The molecule has 0 amide bonds. The highest BCUT2D eigenvalue weighted by molar-refractivity contribution is 6.25. The van der Waals surface area contributed by atoms with Gasteiger partial charge in [0.1, 0.15) is 0 Å². The van der Waals surface area contributed by atoms with Gasteiger partial charge in [0.05, 0.1) is 23.0 Å². The van der Waals surface area contributed by atoms with Crippen molar-refractivity contribution < 1.29 is 9.90 Å². The zero-order valence-corrected chi connectivity index (χ0v) is 20.3. The second kappa shape index (κ2) is 9.30. The normalized spacial score (nSPS) is 20.1. The summed E-state index contributed by atoms with van der Waals surface area (Å²) >= 11 is 6.76. The standard InChI is InChI=1S/C28H30ClN3O2/c1-17(2)18-7-11-22(12-8-18)32-25-14-9-19(15-23(25)26(29)27(32)28(33)34)24-13-10-21(16-30-24)31-20-5-3-4-6-20/h7-17,20,26-27,31H,3-6H2,1-2H3,(H,33,34). The molecule has 2 atom stereocenters. The minimum atomic E-state index is -0.939. The SMILES string of the molecule is CC(C)c1ccc(N2c3ccc(-c4ccc(NC5CCCC5)cn4)cc3C(Cl)C2C(=O)O)cc1. The lowest BCUT2D eigenvalue weighted by atomic mass is 10.0. The number of hydrogen-bond donors (Lipinski definition) is 2. The van der Waals surface area contributed by atoms with Gasteiger partial charge in [0.25, 0.3) is 0 Å². The number of pyridine rings is 1. The van der Waals surface area contributed by atoms with Crippen molar-refractivity contribution in [3.05, 3.63) is 71.9 Å². The van der Waals surface area contributed by atoms with Crippen LogP contribution in [0.4, 0.5) is 17.1 Å². The van der Waals surface area contributed by atoms with Crippen molar-refractivity contribution in [2.45, 2.75) is 62.9 Å². The molecule has 2 aliphatic rings. The Morgan fingerprint density at radius 1 is 1.09 bits per heavy atom. The number of hydrogen-bond acceptors (Lipinski definition) is 4. The van der Waals surface area contributed by atoms with Crippen LogP contribution in [0.3, 0.4) is 0 Å². The number of anilines is 3. The van der Waals surface area contributed by atoms with Gasteiger partial charge in [-0.1, -0.05) is 44.9 Å². The maximum atomic E-state index is 12.2. The van der Waals surface area contributed by atoms with E-state index in [2.05, 4.69) is 42.3 Å². The zero-order valence-electron chi connectivity index (χ0n) is 19.5. The number of aliphatic carboxylic acids is 1. The minimum Gasteiger partial charge on any atom is -0.480 e. The molecule has 5 nitrogen and oxygen atoms in total. The maximum Gasteiger partial charge on any atom is 0.328 e. The predicted octanol–water partition coefficient (Wildman–Crippen LogP) is 7.11. The number of nitrogens with zero attached hydrogens (tertiary/aromatic N) is 2. The summed E-state index contributed by atoms with van der Waals surface area (Å²) in [4.78, 5) is 18.7. The van der Waals surface area contributed by atoms with Crippen molar-refractivity contribution in [2.75, 3.05) is 10.2 Å². The smallest absolute Gasteiger partial charge is 0.328 e. The van der Waals surface area contributed by atoms with E-state index in [1.165, 1.54) is 31.2 Å². The Morgan fingerprint density at radius 2 is 1.82 bits per heavy atom. The summed E-state index contributed by atoms with van der Waals surface area (Å²) in [6.45, 7) is 4.28. The van der Waals surface area contributed by atoms with Gasteiger partial charge in [-0.15, -0.1) is 11.6 Å². The van der Waals surface area contributed by atoms with E-state index in [0.717, 1.165) is 33.9 Å². The molecule has 1 fully saturated rings. The van der Waals surface area contributed by atoms with Gasteiger partial charge < -0.3 is 15.3 Å². The van der Waals surface area contributed by atoms with Crippen molar-refractivity contribution in [3.63, 3.8) is 0 Å². The highest BCUT2D eigenvalue weighted by Crippen LogP contribution is 2.48. The van der Waals surface area contributed by atoms with E-state index in [0.29, 0.717) is 12.0 Å². The lowest BCUT2D eigenvalue weighted by Gasteiger charge is -2.26. The van der Waals surface area contributed by atoms with Gasteiger partial charge in [0, 0.05) is 23.0 Å². The van der Waals surface area contributed by atoms with E-state index in [1.807, 2.05) is 47.5 Å². The number of fused-ring (bicyclic) bond motifs is 1. The van der Waals surface area contributed by atoms with Gasteiger partial charge in [0.2, 0.25) is 0 Å². The fraction of sp³-hybridized carbons (Fsp3) is 0.357. The van der Waals surface area contributed by atoms with Crippen molar-refractivity contribution in [3.8, 4) is 11.3 Å². The van der Waals surface area contributed by atoms with Crippen LogP contribution in [0.1, 0.15) is 62.0 Å². The first-order chi connectivity index (χ1) is 16.4. The largest absolute Gasteiger partial charge is 0.480 e. The lowest BCUT2D eigenvalue weighted by Crippen LogP contribution is -2.36. The average Bonchev–Trinajstić information content (AvgIpc) is 3.45. The van der Waals surface area contributed by atoms with Crippen molar-refractivity contribution in [1.82, 2.24) is 4.98 Å². The lowest BCUT2D eigenvalue weighted by molar-refractivity contribution is -0.138. The summed E-state index contributed by atoms with van der Waals surface area (Å²) in [6.07, 6.45) is 6.88. The van der Waals surface area contributed by atoms with Gasteiger partial charge in [-0.25, -0.2) is 4.79 Å². The molecule has 1 aromatic heterocycles. The molecular weight excluding hydrogens is 446 g/mol. The van der Waals surface area contributed by atoms with Gasteiger partial charge in [0.15, 0.2) is 6.04 Å². The van der Waals surface area contributed by atoms with Crippen LogP contribution in [0.2, 0.25) is 0 Å². The second-order valence-corrected chi connectivity index (χ2v) is 10.1. The molecule has 34 heavy (non-hydrogen) atoms. The third-order valence-corrected chi connectivity index (χ3v) is 7.49. The van der Waals surface area contributed by atoms with Crippen LogP contribution in [-0.4, -0.2) is 28.1 Å². The van der Waals surface area contributed by atoms with E-state index >= 15 is 0 Å². The molecule has 2 aromatic carbocycles. The fourth-order valence-electron chi connectivity index (χ4n) is 5.12. The zero-order chi connectivity index (χ0) is 23.8. The molecule has 0 radical (unpaired) electrons. The number of nitrogens with one attached hydrogen (secondary N) is 1. The third-order valence-electron chi connectivity index (χ3n) is 7.02. The summed E-state index contributed by atoms with van der Waals surface area (Å²) in [5.41, 5.74) is 6.49. The van der Waals surface area contributed by atoms with E-state index in [-0.39, 0.29) is 0 Å². The van der Waals surface area contributed by atoms with E-state index in [4.69, 9.17) is 11.6 Å². The van der Waals surface area contributed by atoms with Gasteiger partial charge in [-0.05, 0) is 66.3 Å². The number of rotatable bonds is 6. The van der Waals surface area contributed by atoms with Crippen molar-refractivity contribution in [1.29, 1.82) is 0 Å². The van der Waals surface area contributed by atoms with Crippen molar-refractivity contribution >= 4 is 34.6 Å². The summed E-state index contributed by atoms with van der Waals surface area (Å²) in [7, 11) is 0. The van der Waals surface area contributed by atoms with E-state index in [9.17, 15) is 9.90 Å². The van der Waals surface area contributed by atoms with Crippen LogP contribution in [-0.2, 0) is 4.79 Å². The number of carbonyl (C=O) groups is 1. The summed E-state index contributed by atoms with van der Waals surface area (Å²) < 4.78 is 0. The minimum absolute atomic E-state index is 0.408. The quantitative estimate of drug-likeness (QED) is 0.372. The van der Waals surface area contributed by atoms with Gasteiger partial charge in [-0.3, -0.25) is 4.98 Å². The first-order valence-electron chi connectivity index (χ1n) is 12.1. The van der Waals surface area contributed by atoms with E-state index < -0.39 is 17.4 Å². The summed E-state index contributed by atoms with van der Waals surface area (Å²) in [5, 5.41) is 12.9. The van der Waals surface area contributed by atoms with E-state index in [1.54, 1.807) is 0 Å². The second-order valence-electron chi connectivity index (χ2n) is 9.63. The molecule has 0 spiro atoms. The maximum absolute atomic E-state index is 12.2. The Kier molecular flexibility index (Phi) is 6.22. The highest BCUT2D eigenvalue weighted by atomic mass is 35.5. The highest BCUT2D eigenvalue weighted by Gasteiger charge is 2.43. The first-order valence-corrected chi connectivity index (χ1v) is 12.5. The topological polar surface area (TPSA) is 65.5 Å². The monoisotopic (exact) mass is 475 g/mol. The molecule has 2 unspecified atom stereocenters. The van der Waals surface area contributed by atoms with Gasteiger partial charge >= 0.3 is 5.97 Å². The summed E-state index contributed by atoms with van der Waals surface area (Å²) in [5.74, 6) is -0.531. The number of carboxylic acids is 1. The molecule has 3 aromatic rings. The van der Waals surface area contributed by atoms with Crippen LogP contribution in [0.25, 0.3) is 11.3 Å². The Hall–Kier alpha value is -3.05. The Morgan fingerprint density at radius 3 is 2.44 bits per heavy atom. The molecule has 0 bridgehead atoms. The Labute approximate surface area is 205 Å². The molecular formula is C28H30ClN3O2. The number of aromatic nitrogens is 1. The average molecular weight is 476 g/mol. The van der Waals surface area contributed by atoms with Gasteiger partial charge in [-0.2, -0.15) is 0 Å². The van der Waals surface area contributed by atoms with Crippen LogP contribution < -0.4 is 10.2 Å². The molecule has 0 saturated heterocycles. The Bertz CT molecular complexity index is 1170. The molecule has 6 heteroatoms.